The average molecular weight is 334 g/mol. The molecular weight excluding hydrogens is 329 g/mol. The highest BCUT2D eigenvalue weighted by Gasteiger charge is 2.07. The van der Waals surface area contributed by atoms with Crippen LogP contribution in [0.5, 0.6) is 11.5 Å². The second-order valence-corrected chi connectivity index (χ2v) is 3.65. The molecule has 72 valence electrons. The first-order valence-electron chi connectivity index (χ1n) is 3.12. The van der Waals surface area contributed by atoms with E-state index in [4.69, 9.17) is 19.6 Å². The molecule has 0 aliphatic heterocycles. The van der Waals surface area contributed by atoms with Crippen LogP contribution in [-0.2, 0) is 4.57 Å². The molecule has 0 amide bonds. The molecule has 1 rings (SSSR count). The molecule has 13 heavy (non-hydrogen) atoms. The summed E-state index contributed by atoms with van der Waals surface area (Å²) >= 11 is 7.29. The minimum Gasteiger partial charge on any atom is -0.424 e. The van der Waals surface area contributed by atoms with Gasteiger partial charge < -0.3 is 12.5 Å². The van der Waals surface area contributed by atoms with Gasteiger partial charge in [-0.05, 0) is 12.1 Å². The van der Waals surface area contributed by atoms with Crippen molar-refractivity contribution in [1.82, 2.24) is 0 Å². The standard InChI is InChI=1S/C6H5ClIO4P/c7-4-1-2-5(11-8)6(3-4)12-13(9)10/h1-3,13H,(H,9,10). The van der Waals surface area contributed by atoms with Crippen LogP contribution in [-0.4, -0.2) is 4.89 Å². The molecule has 0 fully saturated rings. The van der Waals surface area contributed by atoms with Gasteiger partial charge in [0.15, 0.2) is 34.5 Å². The largest absolute Gasteiger partial charge is 0.424 e. The summed E-state index contributed by atoms with van der Waals surface area (Å²) in [4.78, 5) is 8.54. The Morgan fingerprint density at radius 3 is 2.69 bits per heavy atom. The maximum atomic E-state index is 10.4. The van der Waals surface area contributed by atoms with Gasteiger partial charge in [0.1, 0.15) is 0 Å². The van der Waals surface area contributed by atoms with E-state index in [0.717, 1.165) is 0 Å². The summed E-state index contributed by atoms with van der Waals surface area (Å²) in [5.74, 6) is 0.519. The number of benzene rings is 1. The SMILES string of the molecule is O=[PH](O)Oc1cc(Cl)ccc1OI. The van der Waals surface area contributed by atoms with E-state index in [0.29, 0.717) is 10.8 Å². The van der Waals surface area contributed by atoms with Gasteiger partial charge in [0.05, 0.1) is 0 Å². The summed E-state index contributed by atoms with van der Waals surface area (Å²) in [5.41, 5.74) is 0. The van der Waals surface area contributed by atoms with Gasteiger partial charge >= 0.3 is 8.25 Å². The Morgan fingerprint density at radius 1 is 1.46 bits per heavy atom. The summed E-state index contributed by atoms with van der Waals surface area (Å²) in [5, 5.41) is 0.412. The first-order valence-corrected chi connectivity index (χ1v) is 5.64. The summed E-state index contributed by atoms with van der Waals surface area (Å²) in [6, 6.07) is 4.56. The Labute approximate surface area is 94.4 Å². The van der Waals surface area contributed by atoms with Crippen LogP contribution in [0.3, 0.4) is 0 Å². The lowest BCUT2D eigenvalue weighted by molar-refractivity contribution is 0.406. The Bertz CT molecular complexity index is 332. The van der Waals surface area contributed by atoms with Gasteiger partial charge in [-0.1, -0.05) is 11.6 Å². The Morgan fingerprint density at radius 2 is 2.15 bits per heavy atom. The number of hydrogen-bond acceptors (Lipinski definition) is 3. The van der Waals surface area contributed by atoms with E-state index in [1.165, 1.54) is 6.07 Å². The van der Waals surface area contributed by atoms with Crippen LogP contribution in [0.25, 0.3) is 0 Å². The van der Waals surface area contributed by atoms with Gasteiger partial charge in [0.25, 0.3) is 0 Å². The highest BCUT2D eigenvalue weighted by molar-refractivity contribution is 14.1. The van der Waals surface area contributed by atoms with Crippen LogP contribution >= 0.6 is 42.9 Å². The maximum Gasteiger partial charge on any atom is 0.365 e. The third-order valence-electron chi connectivity index (χ3n) is 1.19. The van der Waals surface area contributed by atoms with E-state index in [1.54, 1.807) is 35.1 Å². The highest BCUT2D eigenvalue weighted by atomic mass is 127. The normalized spacial score (nSPS) is 12.2. The van der Waals surface area contributed by atoms with E-state index in [1.807, 2.05) is 0 Å². The lowest BCUT2D eigenvalue weighted by Gasteiger charge is -2.06. The maximum absolute atomic E-state index is 10.4. The first kappa shape index (κ1) is 11.1. The molecule has 0 saturated carbocycles. The van der Waals surface area contributed by atoms with E-state index in [9.17, 15) is 4.57 Å². The molecule has 1 aromatic carbocycles. The van der Waals surface area contributed by atoms with Crippen LogP contribution in [0.2, 0.25) is 5.02 Å². The Balaban J connectivity index is 3.01. The van der Waals surface area contributed by atoms with Crippen LogP contribution in [0.4, 0.5) is 0 Å². The summed E-state index contributed by atoms with van der Waals surface area (Å²) in [7, 11) is -3.03. The van der Waals surface area contributed by atoms with E-state index < -0.39 is 8.25 Å². The monoisotopic (exact) mass is 334 g/mol. The molecule has 4 nitrogen and oxygen atoms in total. The van der Waals surface area contributed by atoms with Crippen LogP contribution < -0.4 is 7.59 Å². The molecule has 0 saturated heterocycles. The van der Waals surface area contributed by atoms with Gasteiger partial charge in [0, 0.05) is 11.1 Å². The zero-order chi connectivity index (χ0) is 9.84. The molecule has 0 radical (unpaired) electrons. The molecule has 0 aromatic heterocycles. The molecule has 0 aliphatic rings. The first-order chi connectivity index (χ1) is 6.13. The predicted octanol–water partition coefficient (Wildman–Crippen LogP) is 2.83. The van der Waals surface area contributed by atoms with Crippen molar-refractivity contribution < 1.29 is 17.0 Å². The fourth-order valence-electron chi connectivity index (χ4n) is 0.719. The van der Waals surface area contributed by atoms with Gasteiger partial charge in [-0.25, -0.2) is 4.57 Å². The van der Waals surface area contributed by atoms with Crippen molar-refractivity contribution in [2.75, 3.05) is 0 Å². The summed E-state index contributed by atoms with van der Waals surface area (Å²) < 4.78 is 19.9. The van der Waals surface area contributed by atoms with Crippen molar-refractivity contribution in [2.45, 2.75) is 0 Å². The lowest BCUT2D eigenvalue weighted by Crippen LogP contribution is -1.84. The lowest BCUT2D eigenvalue weighted by atomic mass is 10.3. The number of hydrogen-bond donors (Lipinski definition) is 1. The van der Waals surface area contributed by atoms with Gasteiger partial charge in [0.2, 0.25) is 0 Å². The summed E-state index contributed by atoms with van der Waals surface area (Å²) in [6.07, 6.45) is 0. The number of rotatable bonds is 3. The fourth-order valence-corrected chi connectivity index (χ4v) is 1.59. The third-order valence-corrected chi connectivity index (χ3v) is 2.29. The Kier molecular flexibility index (Phi) is 4.31. The van der Waals surface area contributed by atoms with Crippen LogP contribution in [0.15, 0.2) is 18.2 Å². The smallest absolute Gasteiger partial charge is 0.365 e. The van der Waals surface area contributed by atoms with E-state index in [2.05, 4.69) is 4.52 Å². The molecule has 0 bridgehead atoms. The van der Waals surface area contributed by atoms with Crippen molar-refractivity contribution in [3.63, 3.8) is 0 Å². The van der Waals surface area contributed by atoms with Crippen molar-refractivity contribution >= 4 is 42.9 Å². The minimum absolute atomic E-state index is 0.160. The second kappa shape index (κ2) is 5.05. The highest BCUT2D eigenvalue weighted by Crippen LogP contribution is 2.35. The summed E-state index contributed by atoms with van der Waals surface area (Å²) in [6.45, 7) is 0. The molecule has 1 unspecified atom stereocenters. The van der Waals surface area contributed by atoms with Crippen molar-refractivity contribution in [3.05, 3.63) is 23.2 Å². The minimum atomic E-state index is -3.03. The van der Waals surface area contributed by atoms with Crippen molar-refractivity contribution in [3.8, 4) is 11.5 Å². The van der Waals surface area contributed by atoms with Gasteiger partial charge in [-0.15, -0.1) is 0 Å². The van der Waals surface area contributed by atoms with Gasteiger partial charge in [-0.3, -0.25) is 0 Å². The predicted molar refractivity (Wildman–Crippen MR) is 57.9 cm³/mol. The van der Waals surface area contributed by atoms with Crippen molar-refractivity contribution in [1.29, 1.82) is 0 Å². The molecule has 1 atom stereocenters. The molecule has 1 N–H and O–H groups in total. The second-order valence-electron chi connectivity index (χ2n) is 2.04. The fraction of sp³-hybridized carbons (Fsp3) is 0. The molecule has 7 heteroatoms. The average Bonchev–Trinajstić information content (AvgIpc) is 2.03. The molecule has 0 spiro atoms. The third kappa shape index (κ3) is 3.34. The molecular formula is C6H5ClIO4P. The van der Waals surface area contributed by atoms with E-state index in [-0.39, 0.29) is 5.75 Å². The topological polar surface area (TPSA) is 55.8 Å². The quantitative estimate of drug-likeness (QED) is 0.682. The Hall–Kier alpha value is 0.0300. The van der Waals surface area contributed by atoms with Crippen molar-refractivity contribution in [2.24, 2.45) is 0 Å². The van der Waals surface area contributed by atoms with Crippen LogP contribution in [0, 0.1) is 0 Å². The van der Waals surface area contributed by atoms with E-state index >= 15 is 0 Å². The molecule has 1 aromatic rings. The molecule has 0 heterocycles. The van der Waals surface area contributed by atoms with Gasteiger partial charge in [-0.2, -0.15) is 0 Å². The number of halogens is 2. The zero-order valence-electron chi connectivity index (χ0n) is 6.16. The molecule has 0 aliphatic carbocycles. The van der Waals surface area contributed by atoms with Crippen LogP contribution in [0.1, 0.15) is 0 Å². The zero-order valence-corrected chi connectivity index (χ0v) is 10.1.